The van der Waals surface area contributed by atoms with Crippen LogP contribution in [0.3, 0.4) is 0 Å². The number of hydrogen-bond donors (Lipinski definition) is 5. The normalized spacial score (nSPS) is 17.8. The summed E-state index contributed by atoms with van der Waals surface area (Å²) in [6, 6.07) is 5.51. The summed E-state index contributed by atoms with van der Waals surface area (Å²) in [5, 5.41) is 15.6. The van der Waals surface area contributed by atoms with Gasteiger partial charge in [0.1, 0.15) is 11.3 Å². The van der Waals surface area contributed by atoms with Crippen LogP contribution in [0.5, 0.6) is 5.75 Å². The second-order valence-corrected chi connectivity index (χ2v) is 10.7. The highest BCUT2D eigenvalue weighted by Crippen LogP contribution is 2.39. The molecule has 2 aromatic rings. The van der Waals surface area contributed by atoms with Crippen molar-refractivity contribution < 1.29 is 45.8 Å². The lowest BCUT2D eigenvalue weighted by atomic mass is 9.82. The van der Waals surface area contributed by atoms with Crippen LogP contribution in [-0.2, 0) is 32.5 Å². The maximum absolute atomic E-state index is 12.5. The first-order chi connectivity index (χ1) is 18.4. The molecule has 4 rings (SSSR count). The van der Waals surface area contributed by atoms with E-state index in [0.717, 1.165) is 17.0 Å². The third-order valence-electron chi connectivity index (χ3n) is 6.14. The number of carbonyl (C=O) groups is 3. The van der Waals surface area contributed by atoms with Crippen LogP contribution in [0, 0.1) is 0 Å². The number of alkyl halides is 3. The van der Waals surface area contributed by atoms with E-state index in [4.69, 9.17) is 31.2 Å². The Labute approximate surface area is 225 Å². The van der Waals surface area contributed by atoms with Crippen LogP contribution in [0.4, 0.5) is 24.5 Å². The second kappa shape index (κ2) is 11.1. The van der Waals surface area contributed by atoms with Crippen molar-refractivity contribution in [3.05, 3.63) is 46.8 Å². The number of nitrogens with zero attached hydrogens (tertiary/aromatic N) is 2. The number of hydrogen-bond acceptors (Lipinski definition) is 9. The van der Waals surface area contributed by atoms with E-state index in [1.165, 1.54) is 6.20 Å². The van der Waals surface area contributed by atoms with E-state index in [1.54, 1.807) is 6.92 Å². The fourth-order valence-electron chi connectivity index (χ4n) is 4.27. The number of pyridine rings is 1. The number of aliphatic carboxylic acids is 1. The highest BCUT2D eigenvalue weighted by atomic mass is 32.2. The zero-order valence-electron chi connectivity index (χ0n) is 20.9. The Kier molecular flexibility index (Phi) is 8.40. The fraction of sp³-hybridized carbons (Fsp3) is 0.348. The first-order valence-corrected chi connectivity index (χ1v) is 13.2. The number of ether oxygens (including phenoxy) is 1. The predicted octanol–water partition coefficient (Wildman–Crippen LogP) is 0.760. The molecule has 0 saturated carbocycles. The van der Waals surface area contributed by atoms with Gasteiger partial charge in [-0.05, 0) is 25.5 Å². The van der Waals surface area contributed by atoms with Crippen LogP contribution in [0.1, 0.15) is 40.5 Å². The number of rotatable bonds is 7. The monoisotopic (exact) mass is 586 g/mol. The summed E-state index contributed by atoms with van der Waals surface area (Å²) < 4.78 is 60.6. The van der Waals surface area contributed by atoms with Gasteiger partial charge in [0.05, 0.1) is 35.0 Å². The molecule has 8 N–H and O–H groups in total. The van der Waals surface area contributed by atoms with Gasteiger partial charge in [0.25, 0.3) is 5.91 Å². The summed E-state index contributed by atoms with van der Waals surface area (Å²) >= 11 is 0. The Morgan fingerprint density at radius 3 is 2.40 bits per heavy atom. The van der Waals surface area contributed by atoms with Crippen LogP contribution in [-0.4, -0.2) is 66.1 Å². The van der Waals surface area contributed by atoms with Gasteiger partial charge in [-0.15, -0.1) is 0 Å². The molecule has 2 amide bonds. The molecular formula is C23H25F3N6O7S. The molecule has 0 fully saturated rings. The first kappa shape index (κ1) is 30.3. The number of fused-ring (bicyclic) bond motifs is 2. The minimum Gasteiger partial charge on any atom is -0.493 e. The van der Waals surface area contributed by atoms with Crippen molar-refractivity contribution in [2.75, 3.05) is 17.7 Å². The van der Waals surface area contributed by atoms with Gasteiger partial charge < -0.3 is 26.6 Å². The number of primary amides is 2. The zero-order valence-corrected chi connectivity index (χ0v) is 21.7. The molecular weight excluding hydrogens is 561 g/mol. The molecule has 1 aromatic carbocycles. The minimum absolute atomic E-state index is 0.0769. The maximum atomic E-state index is 12.5. The van der Waals surface area contributed by atoms with E-state index >= 15 is 0 Å². The largest absolute Gasteiger partial charge is 0.493 e. The standard InChI is InChI=1S/C21H24N6O5S.C2HF3O2/c1-11-17-13(9-21(27-11,20(23)29)6-8-33(24,30)31)18(14(10-25-17)19(22)28)26-15-3-2-4-16-12(15)5-7-32-16;3-2(4,5)1(6)7/h2-4,10H,5-9H2,1H3,(H2,22,28)(H2,23,29)(H,25,26)(H2,24,30,31);(H,6,7). The number of anilines is 2. The Morgan fingerprint density at radius 1 is 1.20 bits per heavy atom. The SMILES string of the molecule is CC1=NC(CCS(N)(=O)=O)(C(N)=O)Cc2c1ncc(C(N)=O)c2Nc1cccc2c1CCO2.O=C(O)C(F)(F)F. The van der Waals surface area contributed by atoms with E-state index in [2.05, 4.69) is 15.3 Å². The van der Waals surface area contributed by atoms with Crippen LogP contribution < -0.4 is 26.7 Å². The molecule has 1 aromatic heterocycles. The molecule has 13 nitrogen and oxygen atoms in total. The second-order valence-electron chi connectivity index (χ2n) is 8.93. The Hall–Kier alpha value is -4.25. The number of benzene rings is 1. The number of carboxylic acid groups (broad SMARTS) is 1. The summed E-state index contributed by atoms with van der Waals surface area (Å²) in [5.41, 5.74) is 13.2. The van der Waals surface area contributed by atoms with Crippen molar-refractivity contribution in [2.24, 2.45) is 21.6 Å². The molecule has 216 valence electrons. The highest BCUT2D eigenvalue weighted by molar-refractivity contribution is 7.89. The number of sulfonamides is 1. The van der Waals surface area contributed by atoms with Crippen LogP contribution in [0.2, 0.25) is 0 Å². The van der Waals surface area contributed by atoms with E-state index < -0.39 is 45.3 Å². The average molecular weight is 587 g/mol. The topological polar surface area (TPSA) is 230 Å². The lowest BCUT2D eigenvalue weighted by Crippen LogP contribution is -2.48. The van der Waals surface area contributed by atoms with Gasteiger partial charge in [0, 0.05) is 35.9 Å². The van der Waals surface area contributed by atoms with Crippen molar-refractivity contribution >= 4 is 44.9 Å². The van der Waals surface area contributed by atoms with Gasteiger partial charge in [-0.1, -0.05) is 6.07 Å². The molecule has 40 heavy (non-hydrogen) atoms. The Balaban J connectivity index is 0.000000559. The molecule has 0 aliphatic carbocycles. The van der Waals surface area contributed by atoms with Crippen LogP contribution in [0.25, 0.3) is 0 Å². The maximum Gasteiger partial charge on any atom is 0.490 e. The molecule has 2 aliphatic heterocycles. The molecule has 0 bridgehead atoms. The van der Waals surface area contributed by atoms with Gasteiger partial charge in [-0.25, -0.2) is 18.4 Å². The number of aliphatic imine (C=N–C) groups is 1. The third-order valence-corrected chi connectivity index (χ3v) is 6.92. The molecule has 3 heterocycles. The van der Waals surface area contributed by atoms with Gasteiger partial charge in [-0.2, -0.15) is 13.2 Å². The quantitative estimate of drug-likeness (QED) is 0.308. The number of nitrogens with one attached hydrogen (secondary N) is 1. The fourth-order valence-corrected chi connectivity index (χ4v) is 4.89. The summed E-state index contributed by atoms with van der Waals surface area (Å²) in [6.45, 7) is 2.18. The molecule has 0 spiro atoms. The number of amides is 2. The van der Waals surface area contributed by atoms with Crippen molar-refractivity contribution in [1.82, 2.24) is 4.98 Å². The summed E-state index contributed by atoms with van der Waals surface area (Å²) in [4.78, 5) is 42.5. The van der Waals surface area contributed by atoms with Crippen molar-refractivity contribution in [1.29, 1.82) is 0 Å². The number of carbonyl (C=O) groups excluding carboxylic acids is 2. The molecule has 1 atom stereocenters. The third kappa shape index (κ3) is 6.66. The lowest BCUT2D eigenvalue weighted by Gasteiger charge is -2.33. The zero-order chi connectivity index (χ0) is 30.0. The number of aromatic nitrogens is 1. The van der Waals surface area contributed by atoms with Crippen molar-refractivity contribution in [3.63, 3.8) is 0 Å². The van der Waals surface area contributed by atoms with Crippen LogP contribution >= 0.6 is 0 Å². The summed E-state index contributed by atoms with van der Waals surface area (Å²) in [6.07, 6.45) is -3.35. The first-order valence-electron chi connectivity index (χ1n) is 11.5. The summed E-state index contributed by atoms with van der Waals surface area (Å²) in [5.74, 6) is -4.03. The van der Waals surface area contributed by atoms with Crippen molar-refractivity contribution in [2.45, 2.75) is 37.9 Å². The van der Waals surface area contributed by atoms with Gasteiger partial charge in [0.15, 0.2) is 0 Å². The molecule has 17 heteroatoms. The van der Waals surface area contributed by atoms with Gasteiger partial charge in [-0.3, -0.25) is 19.6 Å². The highest BCUT2D eigenvalue weighted by Gasteiger charge is 2.43. The molecule has 0 radical (unpaired) electrons. The van der Waals surface area contributed by atoms with Gasteiger partial charge in [0.2, 0.25) is 15.9 Å². The Morgan fingerprint density at radius 2 is 1.85 bits per heavy atom. The van der Waals surface area contributed by atoms with E-state index in [9.17, 15) is 31.2 Å². The van der Waals surface area contributed by atoms with Crippen molar-refractivity contribution in [3.8, 4) is 5.75 Å². The number of carboxylic acids is 1. The number of halogens is 3. The average Bonchev–Trinajstić information content (AvgIpc) is 3.32. The van der Waals surface area contributed by atoms with E-state index in [1.807, 2.05) is 18.2 Å². The number of primary sulfonamides is 1. The lowest BCUT2D eigenvalue weighted by molar-refractivity contribution is -0.192. The van der Waals surface area contributed by atoms with E-state index in [0.29, 0.717) is 35.7 Å². The van der Waals surface area contributed by atoms with Gasteiger partial charge >= 0.3 is 12.1 Å². The Bertz CT molecular complexity index is 1510. The molecule has 1 unspecified atom stereocenters. The summed E-state index contributed by atoms with van der Waals surface area (Å²) in [7, 11) is -3.87. The number of nitrogens with two attached hydrogens (primary N) is 3. The predicted molar refractivity (Wildman–Crippen MR) is 136 cm³/mol. The molecule has 2 aliphatic rings. The smallest absolute Gasteiger partial charge is 0.490 e. The molecule has 0 saturated heterocycles. The van der Waals surface area contributed by atoms with Crippen LogP contribution in [0.15, 0.2) is 29.4 Å². The minimum atomic E-state index is -5.08. The van der Waals surface area contributed by atoms with E-state index in [-0.39, 0.29) is 18.4 Å².